The Morgan fingerprint density at radius 2 is 1.97 bits per heavy atom. The smallest absolute Gasteiger partial charge is 0.416 e. The van der Waals surface area contributed by atoms with Crippen molar-refractivity contribution in [1.29, 1.82) is 0 Å². The van der Waals surface area contributed by atoms with Gasteiger partial charge in [-0.1, -0.05) is 6.07 Å². The number of carbonyl (C=O) groups excluding carboxylic acids is 2. The molecule has 10 heteroatoms. The Kier molecular flexibility index (Phi) is 5.59. The largest absolute Gasteiger partial charge is 0.461 e. The van der Waals surface area contributed by atoms with E-state index in [4.69, 9.17) is 9.15 Å². The standard InChI is InChI=1S/C20H15F3N2O5/c1-10-17-15(12(8-24-10)9-29-11(2)26)7-16(19(28)30-17)18(27)25-14-5-3-4-13(6-14)20(21,22)23/h3-8H,9H2,1-2H3,(H,25,27). The first-order valence-electron chi connectivity index (χ1n) is 8.60. The zero-order valence-corrected chi connectivity index (χ0v) is 15.8. The number of esters is 1. The fraction of sp³-hybridized carbons (Fsp3) is 0.200. The summed E-state index contributed by atoms with van der Waals surface area (Å²) >= 11 is 0. The number of amides is 1. The van der Waals surface area contributed by atoms with Crippen LogP contribution in [0.3, 0.4) is 0 Å². The van der Waals surface area contributed by atoms with Gasteiger partial charge in [0.2, 0.25) is 0 Å². The fourth-order valence-corrected chi connectivity index (χ4v) is 2.71. The number of aromatic nitrogens is 1. The van der Waals surface area contributed by atoms with Gasteiger partial charge < -0.3 is 14.5 Å². The lowest BCUT2D eigenvalue weighted by atomic mass is 10.1. The van der Waals surface area contributed by atoms with Gasteiger partial charge in [0, 0.05) is 29.8 Å². The molecule has 0 radical (unpaired) electrons. The molecule has 1 aromatic carbocycles. The van der Waals surface area contributed by atoms with Crippen molar-refractivity contribution in [3.8, 4) is 0 Å². The van der Waals surface area contributed by atoms with Gasteiger partial charge in [-0.15, -0.1) is 0 Å². The molecule has 3 aromatic rings. The lowest BCUT2D eigenvalue weighted by Gasteiger charge is -2.11. The van der Waals surface area contributed by atoms with Gasteiger partial charge >= 0.3 is 17.8 Å². The molecule has 2 heterocycles. The molecule has 1 amide bonds. The molecule has 0 bridgehead atoms. The quantitative estimate of drug-likeness (QED) is 0.644. The molecular weight excluding hydrogens is 405 g/mol. The summed E-state index contributed by atoms with van der Waals surface area (Å²) in [6.07, 6.45) is -3.17. The van der Waals surface area contributed by atoms with Crippen molar-refractivity contribution < 1.29 is 31.9 Å². The van der Waals surface area contributed by atoms with E-state index in [9.17, 15) is 27.6 Å². The van der Waals surface area contributed by atoms with Crippen molar-refractivity contribution in [2.45, 2.75) is 26.6 Å². The lowest BCUT2D eigenvalue weighted by Crippen LogP contribution is -2.21. The molecule has 0 fully saturated rings. The van der Waals surface area contributed by atoms with Crippen LogP contribution in [0.5, 0.6) is 0 Å². The second kappa shape index (κ2) is 7.97. The molecule has 1 N–H and O–H groups in total. The van der Waals surface area contributed by atoms with E-state index in [2.05, 4.69) is 10.3 Å². The number of fused-ring (bicyclic) bond motifs is 1. The van der Waals surface area contributed by atoms with Gasteiger partial charge in [-0.05, 0) is 31.2 Å². The molecule has 0 unspecified atom stereocenters. The van der Waals surface area contributed by atoms with Crippen LogP contribution in [-0.4, -0.2) is 16.9 Å². The minimum absolute atomic E-state index is 0.111. The number of ether oxygens (including phenoxy) is 1. The van der Waals surface area contributed by atoms with E-state index in [0.717, 1.165) is 18.2 Å². The third-order valence-electron chi connectivity index (χ3n) is 4.16. The number of nitrogens with zero attached hydrogens (tertiary/aromatic N) is 1. The predicted molar refractivity (Wildman–Crippen MR) is 99.9 cm³/mol. The van der Waals surface area contributed by atoms with Crippen LogP contribution in [0.4, 0.5) is 18.9 Å². The highest BCUT2D eigenvalue weighted by molar-refractivity contribution is 6.05. The van der Waals surface area contributed by atoms with Crippen LogP contribution >= 0.6 is 0 Å². The molecule has 0 aliphatic heterocycles. The zero-order chi connectivity index (χ0) is 22.1. The third-order valence-corrected chi connectivity index (χ3v) is 4.16. The maximum Gasteiger partial charge on any atom is 0.416 e. The first-order valence-corrected chi connectivity index (χ1v) is 8.60. The van der Waals surface area contributed by atoms with E-state index in [-0.39, 0.29) is 17.9 Å². The maximum absolute atomic E-state index is 12.9. The molecule has 0 aliphatic rings. The molecule has 2 aromatic heterocycles. The van der Waals surface area contributed by atoms with Crippen molar-refractivity contribution in [2.24, 2.45) is 0 Å². The number of anilines is 1. The fourth-order valence-electron chi connectivity index (χ4n) is 2.71. The summed E-state index contributed by atoms with van der Waals surface area (Å²) in [6, 6.07) is 5.24. The molecule has 7 nitrogen and oxygen atoms in total. The second-order valence-electron chi connectivity index (χ2n) is 6.37. The number of alkyl halides is 3. The van der Waals surface area contributed by atoms with Crippen LogP contribution < -0.4 is 10.9 Å². The molecule has 0 spiro atoms. The molecule has 156 valence electrons. The highest BCUT2D eigenvalue weighted by atomic mass is 19.4. The SMILES string of the molecule is CC(=O)OCc1cnc(C)c2oc(=O)c(C(=O)Nc3cccc(C(F)(F)F)c3)cc12. The Labute approximate surface area is 167 Å². The van der Waals surface area contributed by atoms with Crippen LogP contribution in [0.2, 0.25) is 0 Å². The van der Waals surface area contributed by atoms with E-state index >= 15 is 0 Å². The Morgan fingerprint density at radius 3 is 2.63 bits per heavy atom. The van der Waals surface area contributed by atoms with Crippen molar-refractivity contribution in [2.75, 3.05) is 5.32 Å². The van der Waals surface area contributed by atoms with Gasteiger partial charge in [-0.25, -0.2) is 4.79 Å². The number of carbonyl (C=O) groups is 2. The summed E-state index contributed by atoms with van der Waals surface area (Å²) in [5, 5.41) is 2.58. The first kappa shape index (κ1) is 21.0. The van der Waals surface area contributed by atoms with Gasteiger partial charge in [-0.3, -0.25) is 14.6 Å². The summed E-state index contributed by atoms with van der Waals surface area (Å²) in [5.74, 6) is -1.48. The van der Waals surface area contributed by atoms with Crippen LogP contribution in [0.1, 0.15) is 34.1 Å². The molecule has 0 atom stereocenters. The minimum atomic E-state index is -4.58. The van der Waals surface area contributed by atoms with Crippen molar-refractivity contribution in [3.63, 3.8) is 0 Å². The third kappa shape index (κ3) is 4.48. The summed E-state index contributed by atoms with van der Waals surface area (Å²) in [4.78, 5) is 40.0. The summed E-state index contributed by atoms with van der Waals surface area (Å²) in [7, 11) is 0. The number of pyridine rings is 1. The number of hydrogen-bond donors (Lipinski definition) is 1. The topological polar surface area (TPSA) is 98.5 Å². The number of rotatable bonds is 4. The van der Waals surface area contributed by atoms with E-state index in [0.29, 0.717) is 16.6 Å². The van der Waals surface area contributed by atoms with Gasteiger partial charge in [-0.2, -0.15) is 13.2 Å². The second-order valence-corrected chi connectivity index (χ2v) is 6.37. The molecular formula is C20H15F3N2O5. The predicted octanol–water partition coefficient (Wildman–Crippen LogP) is 3.83. The molecule has 0 aliphatic carbocycles. The molecule has 3 rings (SSSR count). The van der Waals surface area contributed by atoms with Crippen molar-refractivity contribution in [3.05, 3.63) is 69.3 Å². The number of halogens is 3. The van der Waals surface area contributed by atoms with Crippen LogP contribution in [0, 0.1) is 6.92 Å². The van der Waals surface area contributed by atoms with Gasteiger partial charge in [0.15, 0.2) is 5.58 Å². The highest BCUT2D eigenvalue weighted by Gasteiger charge is 2.30. The number of nitrogens with one attached hydrogen (secondary N) is 1. The van der Waals surface area contributed by atoms with Crippen molar-refractivity contribution in [1.82, 2.24) is 4.98 Å². The summed E-state index contributed by atoms with van der Waals surface area (Å²) < 4.78 is 48.7. The molecule has 30 heavy (non-hydrogen) atoms. The molecule has 0 saturated heterocycles. The van der Waals surface area contributed by atoms with E-state index in [1.807, 2.05) is 0 Å². The Hall–Kier alpha value is -3.69. The monoisotopic (exact) mass is 420 g/mol. The van der Waals surface area contributed by atoms with E-state index in [1.54, 1.807) is 6.92 Å². The van der Waals surface area contributed by atoms with Gasteiger partial charge in [0.25, 0.3) is 5.91 Å². The van der Waals surface area contributed by atoms with Gasteiger partial charge in [0.1, 0.15) is 12.2 Å². The average molecular weight is 420 g/mol. The minimum Gasteiger partial charge on any atom is -0.461 e. The first-order chi connectivity index (χ1) is 14.1. The van der Waals surface area contributed by atoms with Crippen LogP contribution in [0.15, 0.2) is 45.7 Å². The van der Waals surface area contributed by atoms with Crippen LogP contribution in [0.25, 0.3) is 11.0 Å². The summed E-state index contributed by atoms with van der Waals surface area (Å²) in [6.45, 7) is 2.64. The van der Waals surface area contributed by atoms with E-state index < -0.39 is 34.8 Å². The van der Waals surface area contributed by atoms with Crippen LogP contribution in [-0.2, 0) is 22.3 Å². The average Bonchev–Trinajstić information content (AvgIpc) is 2.67. The normalized spacial score (nSPS) is 11.4. The highest BCUT2D eigenvalue weighted by Crippen LogP contribution is 2.30. The summed E-state index contributed by atoms with van der Waals surface area (Å²) in [5.41, 5.74) is -1.62. The zero-order valence-electron chi connectivity index (χ0n) is 15.8. The lowest BCUT2D eigenvalue weighted by molar-refractivity contribution is -0.142. The number of hydrogen-bond acceptors (Lipinski definition) is 6. The number of benzene rings is 1. The molecule has 0 saturated carbocycles. The Morgan fingerprint density at radius 1 is 1.23 bits per heavy atom. The van der Waals surface area contributed by atoms with Crippen molar-refractivity contribution >= 4 is 28.5 Å². The Bertz CT molecular complexity index is 1200. The maximum atomic E-state index is 12.9. The number of aryl methyl sites for hydroxylation is 1. The van der Waals surface area contributed by atoms with E-state index in [1.165, 1.54) is 25.3 Å². The Balaban J connectivity index is 2.00. The van der Waals surface area contributed by atoms with Gasteiger partial charge in [0.05, 0.1) is 11.3 Å².